The first-order valence-electron chi connectivity index (χ1n) is 5.74. The molecule has 0 saturated heterocycles. The fourth-order valence-electron chi connectivity index (χ4n) is 1.97. The Bertz CT molecular complexity index is 318. The Labute approximate surface area is 95.7 Å². The molecule has 16 heavy (non-hydrogen) atoms. The van der Waals surface area contributed by atoms with Crippen LogP contribution in [0.3, 0.4) is 0 Å². The third-order valence-corrected chi connectivity index (χ3v) is 2.75. The summed E-state index contributed by atoms with van der Waals surface area (Å²) in [4.78, 5) is 0. The molecule has 2 N–H and O–H groups in total. The summed E-state index contributed by atoms with van der Waals surface area (Å²) >= 11 is 0. The average Bonchev–Trinajstić information content (AvgIpc) is 2.16. The number of halogens is 2. The Morgan fingerprint density at radius 1 is 1.19 bits per heavy atom. The topological polar surface area (TPSA) is 26.0 Å². The first kappa shape index (κ1) is 13.1. The van der Waals surface area contributed by atoms with Gasteiger partial charge in [0.25, 0.3) is 0 Å². The van der Waals surface area contributed by atoms with Crippen LogP contribution < -0.4 is 5.73 Å². The van der Waals surface area contributed by atoms with Crippen molar-refractivity contribution in [3.8, 4) is 0 Å². The van der Waals surface area contributed by atoms with Crippen LogP contribution in [0.25, 0.3) is 0 Å². The minimum absolute atomic E-state index is 0.285. The van der Waals surface area contributed by atoms with E-state index < -0.39 is 11.6 Å². The minimum atomic E-state index is -0.561. The summed E-state index contributed by atoms with van der Waals surface area (Å²) in [6.45, 7) is 4.23. The van der Waals surface area contributed by atoms with Gasteiger partial charge in [-0.05, 0) is 30.0 Å². The van der Waals surface area contributed by atoms with E-state index in [1.807, 2.05) is 0 Å². The predicted octanol–water partition coefficient (Wildman–Crippen LogP) is 3.79. The zero-order valence-corrected chi connectivity index (χ0v) is 9.84. The second-order valence-corrected chi connectivity index (χ2v) is 4.44. The largest absolute Gasteiger partial charge is 0.324 e. The van der Waals surface area contributed by atoms with Gasteiger partial charge in [-0.3, -0.25) is 0 Å². The molecule has 1 rings (SSSR count). The number of hydrogen-bond acceptors (Lipinski definition) is 1. The monoisotopic (exact) mass is 227 g/mol. The molecule has 0 radical (unpaired) electrons. The fraction of sp³-hybridized carbons (Fsp3) is 0.538. The van der Waals surface area contributed by atoms with E-state index in [0.29, 0.717) is 11.5 Å². The molecular formula is C13H19F2N. The first-order valence-corrected chi connectivity index (χ1v) is 5.74. The minimum Gasteiger partial charge on any atom is -0.324 e. The van der Waals surface area contributed by atoms with E-state index in [-0.39, 0.29) is 6.04 Å². The van der Waals surface area contributed by atoms with Gasteiger partial charge in [0.05, 0.1) is 0 Å². The lowest BCUT2D eigenvalue weighted by Gasteiger charge is -2.17. The molecule has 3 heteroatoms. The average molecular weight is 227 g/mol. The molecule has 1 aromatic rings. The van der Waals surface area contributed by atoms with Crippen LogP contribution in [0.2, 0.25) is 0 Å². The van der Waals surface area contributed by atoms with Crippen LogP contribution in [-0.4, -0.2) is 0 Å². The molecule has 0 aromatic heterocycles. The smallest absolute Gasteiger partial charge is 0.126 e. The molecular weight excluding hydrogens is 208 g/mol. The maximum Gasteiger partial charge on any atom is 0.126 e. The molecule has 90 valence electrons. The van der Waals surface area contributed by atoms with Gasteiger partial charge in [0.1, 0.15) is 11.6 Å². The van der Waals surface area contributed by atoms with Crippen molar-refractivity contribution in [3.63, 3.8) is 0 Å². The van der Waals surface area contributed by atoms with Crippen LogP contribution >= 0.6 is 0 Å². The summed E-state index contributed by atoms with van der Waals surface area (Å²) in [6.07, 6.45) is 2.95. The lowest BCUT2D eigenvalue weighted by atomic mass is 9.93. The Morgan fingerprint density at radius 2 is 1.75 bits per heavy atom. The molecule has 0 spiro atoms. The second-order valence-electron chi connectivity index (χ2n) is 4.44. The highest BCUT2D eigenvalue weighted by atomic mass is 19.1. The van der Waals surface area contributed by atoms with Crippen molar-refractivity contribution in [1.29, 1.82) is 0 Å². The zero-order valence-electron chi connectivity index (χ0n) is 9.84. The van der Waals surface area contributed by atoms with Crippen LogP contribution in [0, 0.1) is 17.6 Å². The summed E-state index contributed by atoms with van der Waals surface area (Å²) in [5.74, 6) is -0.645. The van der Waals surface area contributed by atoms with Gasteiger partial charge < -0.3 is 5.73 Å². The van der Waals surface area contributed by atoms with E-state index >= 15 is 0 Å². The third-order valence-electron chi connectivity index (χ3n) is 2.75. The Hall–Kier alpha value is -0.960. The summed E-state index contributed by atoms with van der Waals surface area (Å²) in [6, 6.07) is 3.21. The molecule has 0 aliphatic heterocycles. The molecule has 0 aliphatic carbocycles. The number of rotatable bonds is 5. The summed E-state index contributed by atoms with van der Waals surface area (Å²) in [5, 5.41) is 0. The summed E-state index contributed by atoms with van der Waals surface area (Å²) < 4.78 is 26.0. The van der Waals surface area contributed by atoms with Crippen LogP contribution in [0.5, 0.6) is 0 Å². The van der Waals surface area contributed by atoms with Gasteiger partial charge in [-0.2, -0.15) is 0 Å². The maximum atomic E-state index is 13.0. The van der Waals surface area contributed by atoms with E-state index in [1.165, 1.54) is 12.1 Å². The molecule has 0 saturated carbocycles. The lowest BCUT2D eigenvalue weighted by molar-refractivity contribution is 0.438. The van der Waals surface area contributed by atoms with Gasteiger partial charge in [0, 0.05) is 12.1 Å². The summed E-state index contributed by atoms with van der Waals surface area (Å²) in [5.41, 5.74) is 6.47. The highest BCUT2D eigenvalue weighted by molar-refractivity contribution is 5.21. The van der Waals surface area contributed by atoms with E-state index in [1.54, 1.807) is 0 Å². The van der Waals surface area contributed by atoms with Crippen molar-refractivity contribution in [2.75, 3.05) is 0 Å². The number of benzene rings is 1. The van der Waals surface area contributed by atoms with E-state index in [4.69, 9.17) is 5.73 Å². The van der Waals surface area contributed by atoms with Crippen molar-refractivity contribution < 1.29 is 8.78 Å². The molecule has 0 heterocycles. The molecule has 0 amide bonds. The molecule has 1 nitrogen and oxygen atoms in total. The van der Waals surface area contributed by atoms with E-state index in [0.717, 1.165) is 25.3 Å². The predicted molar refractivity (Wildman–Crippen MR) is 62.0 cm³/mol. The Morgan fingerprint density at radius 3 is 2.25 bits per heavy atom. The maximum absolute atomic E-state index is 13.0. The van der Waals surface area contributed by atoms with Gasteiger partial charge in [-0.25, -0.2) is 8.78 Å². The van der Waals surface area contributed by atoms with Crippen LogP contribution in [-0.2, 0) is 0 Å². The first-order chi connectivity index (χ1) is 7.52. The van der Waals surface area contributed by atoms with E-state index in [9.17, 15) is 8.78 Å². The Kier molecular flexibility index (Phi) is 4.87. The van der Waals surface area contributed by atoms with Crippen molar-refractivity contribution in [2.45, 2.75) is 39.2 Å². The lowest BCUT2D eigenvalue weighted by Crippen LogP contribution is -2.14. The van der Waals surface area contributed by atoms with Crippen molar-refractivity contribution in [2.24, 2.45) is 11.7 Å². The zero-order chi connectivity index (χ0) is 12.1. The molecule has 2 atom stereocenters. The highest BCUT2D eigenvalue weighted by Gasteiger charge is 2.12. The van der Waals surface area contributed by atoms with Crippen molar-refractivity contribution in [1.82, 2.24) is 0 Å². The van der Waals surface area contributed by atoms with Crippen molar-refractivity contribution in [3.05, 3.63) is 35.4 Å². The number of hydrogen-bond donors (Lipinski definition) is 1. The van der Waals surface area contributed by atoms with Gasteiger partial charge in [-0.15, -0.1) is 0 Å². The number of nitrogens with two attached hydrogens (primary N) is 1. The standard InChI is InChI=1S/C13H19F2N/c1-3-4-9(2)5-13(16)10-6-11(14)8-12(15)7-10/h6-9,13H,3-5,16H2,1-2H3. The normalized spacial score (nSPS) is 14.8. The second kappa shape index (κ2) is 5.94. The fourth-order valence-corrected chi connectivity index (χ4v) is 1.97. The molecule has 0 fully saturated rings. The van der Waals surface area contributed by atoms with Crippen LogP contribution in [0.1, 0.15) is 44.7 Å². The Balaban J connectivity index is 2.68. The molecule has 0 bridgehead atoms. The van der Waals surface area contributed by atoms with Crippen LogP contribution in [0.15, 0.2) is 18.2 Å². The van der Waals surface area contributed by atoms with Gasteiger partial charge >= 0.3 is 0 Å². The molecule has 0 aliphatic rings. The SMILES string of the molecule is CCCC(C)CC(N)c1cc(F)cc(F)c1. The highest BCUT2D eigenvalue weighted by Crippen LogP contribution is 2.23. The molecule has 2 unspecified atom stereocenters. The van der Waals surface area contributed by atoms with Crippen LogP contribution in [0.4, 0.5) is 8.78 Å². The van der Waals surface area contributed by atoms with Gasteiger partial charge in [0.15, 0.2) is 0 Å². The van der Waals surface area contributed by atoms with Gasteiger partial charge in [0.2, 0.25) is 0 Å². The van der Waals surface area contributed by atoms with Crippen molar-refractivity contribution >= 4 is 0 Å². The van der Waals surface area contributed by atoms with E-state index in [2.05, 4.69) is 13.8 Å². The quantitative estimate of drug-likeness (QED) is 0.813. The summed E-state index contributed by atoms with van der Waals surface area (Å²) in [7, 11) is 0. The van der Waals surface area contributed by atoms with Gasteiger partial charge in [-0.1, -0.05) is 26.7 Å². The molecule has 1 aromatic carbocycles. The third kappa shape index (κ3) is 3.89.